The normalized spacial score (nSPS) is 10.6. The second kappa shape index (κ2) is 5.46. The smallest absolute Gasteiger partial charge is 0.212 e. The second-order valence-corrected chi connectivity index (χ2v) is 4.88. The van der Waals surface area contributed by atoms with Crippen molar-refractivity contribution in [1.29, 1.82) is 0 Å². The van der Waals surface area contributed by atoms with Crippen LogP contribution in [-0.2, 0) is 13.5 Å². The van der Waals surface area contributed by atoms with E-state index in [0.717, 1.165) is 12.0 Å². The van der Waals surface area contributed by atoms with Crippen LogP contribution in [0.1, 0.15) is 21.6 Å². The largest absolute Gasteiger partial charge is 0.330 e. The molecule has 2 rings (SSSR count). The minimum atomic E-state index is -0.0406. The molecule has 5 heteroatoms. The monoisotopic (exact) mass is 307 g/mol. The Morgan fingerprint density at radius 2 is 2.06 bits per heavy atom. The van der Waals surface area contributed by atoms with E-state index in [2.05, 4.69) is 21.0 Å². The Morgan fingerprint density at radius 3 is 2.56 bits per heavy atom. The molecule has 1 aromatic heterocycles. The summed E-state index contributed by atoms with van der Waals surface area (Å²) < 4.78 is 2.28. The number of nitrogens with two attached hydrogens (primary N) is 1. The summed E-state index contributed by atoms with van der Waals surface area (Å²) in [4.78, 5) is 12.3. The maximum atomic E-state index is 12.3. The number of hydrogen-bond donors (Lipinski definition) is 1. The number of aryl methyl sites for hydroxylation is 1. The van der Waals surface area contributed by atoms with Gasteiger partial charge in [0, 0.05) is 12.6 Å². The molecular formula is C13H14BrN3O. The molecule has 0 saturated heterocycles. The number of benzene rings is 1. The molecule has 94 valence electrons. The standard InChI is InChI=1S/C13H14BrN3O/c1-17-12(11(14)8-16-17)13(18)10-4-2-9(3-5-10)6-7-15/h2-5,8H,6-7,15H2,1H3. The number of ketones is 1. The molecule has 0 aliphatic rings. The predicted molar refractivity (Wildman–Crippen MR) is 73.5 cm³/mol. The summed E-state index contributed by atoms with van der Waals surface area (Å²) in [7, 11) is 1.75. The number of carbonyl (C=O) groups is 1. The fourth-order valence-corrected chi connectivity index (χ4v) is 2.32. The Kier molecular flexibility index (Phi) is 3.93. The molecule has 0 fully saturated rings. The molecule has 2 aromatic rings. The molecule has 4 nitrogen and oxygen atoms in total. The molecule has 0 bridgehead atoms. The first-order valence-electron chi connectivity index (χ1n) is 5.64. The van der Waals surface area contributed by atoms with Crippen molar-refractivity contribution in [3.63, 3.8) is 0 Å². The number of aromatic nitrogens is 2. The van der Waals surface area contributed by atoms with Crippen LogP contribution >= 0.6 is 15.9 Å². The molecule has 0 aliphatic carbocycles. The lowest BCUT2D eigenvalue weighted by atomic mass is 10.0. The third-order valence-corrected chi connectivity index (χ3v) is 3.34. The summed E-state index contributed by atoms with van der Waals surface area (Å²) in [5.74, 6) is -0.0406. The molecule has 0 amide bonds. The van der Waals surface area contributed by atoms with Crippen LogP contribution in [0.15, 0.2) is 34.9 Å². The van der Waals surface area contributed by atoms with Crippen molar-refractivity contribution in [2.24, 2.45) is 12.8 Å². The Morgan fingerprint density at radius 1 is 1.39 bits per heavy atom. The zero-order chi connectivity index (χ0) is 13.1. The van der Waals surface area contributed by atoms with Crippen LogP contribution in [0.25, 0.3) is 0 Å². The third kappa shape index (κ3) is 2.52. The predicted octanol–water partition coefficient (Wildman–Crippen LogP) is 1.91. The third-order valence-electron chi connectivity index (χ3n) is 2.76. The van der Waals surface area contributed by atoms with Crippen molar-refractivity contribution in [2.75, 3.05) is 6.54 Å². The van der Waals surface area contributed by atoms with Crippen LogP contribution < -0.4 is 5.73 Å². The number of carbonyl (C=O) groups excluding carboxylic acids is 1. The lowest BCUT2D eigenvalue weighted by Gasteiger charge is -2.04. The number of nitrogens with zero attached hydrogens (tertiary/aromatic N) is 2. The molecule has 0 saturated carbocycles. The van der Waals surface area contributed by atoms with Gasteiger partial charge in [-0.3, -0.25) is 9.48 Å². The molecule has 2 N–H and O–H groups in total. The van der Waals surface area contributed by atoms with E-state index in [1.54, 1.807) is 17.9 Å². The van der Waals surface area contributed by atoms with Gasteiger partial charge < -0.3 is 5.73 Å². The summed E-state index contributed by atoms with van der Waals surface area (Å²) in [6, 6.07) is 7.52. The summed E-state index contributed by atoms with van der Waals surface area (Å²) in [5.41, 5.74) is 7.84. The van der Waals surface area contributed by atoms with Gasteiger partial charge in [0.05, 0.1) is 10.7 Å². The van der Waals surface area contributed by atoms with Gasteiger partial charge in [0.1, 0.15) is 5.69 Å². The van der Waals surface area contributed by atoms with Gasteiger partial charge in [-0.05, 0) is 34.5 Å². The van der Waals surface area contributed by atoms with Gasteiger partial charge in [-0.25, -0.2) is 0 Å². The quantitative estimate of drug-likeness (QED) is 0.878. The number of rotatable bonds is 4. The van der Waals surface area contributed by atoms with Crippen molar-refractivity contribution in [3.05, 3.63) is 51.8 Å². The first-order valence-corrected chi connectivity index (χ1v) is 6.44. The Bertz CT molecular complexity index is 541. The summed E-state index contributed by atoms with van der Waals surface area (Å²) >= 11 is 3.33. The van der Waals surface area contributed by atoms with Crippen molar-refractivity contribution in [3.8, 4) is 0 Å². The lowest BCUT2D eigenvalue weighted by Crippen LogP contribution is -2.09. The Labute approximate surface area is 114 Å². The van der Waals surface area contributed by atoms with Gasteiger partial charge in [-0.15, -0.1) is 0 Å². The first-order chi connectivity index (χ1) is 8.63. The van der Waals surface area contributed by atoms with Crippen molar-refractivity contribution in [1.82, 2.24) is 9.78 Å². The van der Waals surface area contributed by atoms with Gasteiger partial charge in [-0.2, -0.15) is 5.10 Å². The minimum absolute atomic E-state index is 0.0406. The van der Waals surface area contributed by atoms with Crippen molar-refractivity contribution >= 4 is 21.7 Å². The van der Waals surface area contributed by atoms with E-state index in [4.69, 9.17) is 5.73 Å². The maximum absolute atomic E-state index is 12.3. The van der Waals surface area contributed by atoms with Crippen molar-refractivity contribution in [2.45, 2.75) is 6.42 Å². The zero-order valence-electron chi connectivity index (χ0n) is 10.1. The van der Waals surface area contributed by atoms with E-state index in [9.17, 15) is 4.79 Å². The highest BCUT2D eigenvalue weighted by Gasteiger charge is 2.16. The van der Waals surface area contributed by atoms with Gasteiger partial charge in [0.2, 0.25) is 5.78 Å². The van der Waals surface area contributed by atoms with E-state index in [0.29, 0.717) is 22.3 Å². The average Bonchev–Trinajstić information content (AvgIpc) is 2.70. The average molecular weight is 308 g/mol. The van der Waals surface area contributed by atoms with Crippen LogP contribution in [-0.4, -0.2) is 22.1 Å². The fraction of sp³-hybridized carbons (Fsp3) is 0.231. The lowest BCUT2D eigenvalue weighted by molar-refractivity contribution is 0.102. The van der Waals surface area contributed by atoms with E-state index in [-0.39, 0.29) is 5.78 Å². The van der Waals surface area contributed by atoms with Crippen LogP contribution in [0.2, 0.25) is 0 Å². The number of halogens is 1. The van der Waals surface area contributed by atoms with Gasteiger partial charge in [0.25, 0.3) is 0 Å². The Balaban J connectivity index is 2.29. The molecule has 0 aliphatic heterocycles. The SMILES string of the molecule is Cn1ncc(Br)c1C(=O)c1ccc(CCN)cc1. The highest BCUT2D eigenvalue weighted by molar-refractivity contribution is 9.10. The van der Waals surface area contributed by atoms with E-state index in [1.807, 2.05) is 24.3 Å². The van der Waals surface area contributed by atoms with E-state index >= 15 is 0 Å². The van der Waals surface area contributed by atoms with Crippen LogP contribution in [0.5, 0.6) is 0 Å². The first kappa shape index (κ1) is 13.0. The molecule has 1 aromatic carbocycles. The van der Waals surface area contributed by atoms with Crippen LogP contribution in [0.4, 0.5) is 0 Å². The highest BCUT2D eigenvalue weighted by atomic mass is 79.9. The molecular weight excluding hydrogens is 294 g/mol. The van der Waals surface area contributed by atoms with Crippen molar-refractivity contribution < 1.29 is 4.79 Å². The zero-order valence-corrected chi connectivity index (χ0v) is 11.6. The molecule has 0 atom stereocenters. The number of hydrogen-bond acceptors (Lipinski definition) is 3. The second-order valence-electron chi connectivity index (χ2n) is 4.03. The van der Waals surface area contributed by atoms with Crippen LogP contribution in [0.3, 0.4) is 0 Å². The molecule has 1 heterocycles. The van der Waals surface area contributed by atoms with Crippen LogP contribution in [0, 0.1) is 0 Å². The Hall–Kier alpha value is -1.46. The fourth-order valence-electron chi connectivity index (χ4n) is 1.79. The molecule has 0 radical (unpaired) electrons. The van der Waals surface area contributed by atoms with Gasteiger partial charge >= 0.3 is 0 Å². The molecule has 0 spiro atoms. The summed E-state index contributed by atoms with van der Waals surface area (Å²) in [6.07, 6.45) is 2.44. The van der Waals surface area contributed by atoms with Gasteiger partial charge in [-0.1, -0.05) is 24.3 Å². The summed E-state index contributed by atoms with van der Waals surface area (Å²) in [6.45, 7) is 0.612. The van der Waals surface area contributed by atoms with Gasteiger partial charge in [0.15, 0.2) is 0 Å². The highest BCUT2D eigenvalue weighted by Crippen LogP contribution is 2.19. The van der Waals surface area contributed by atoms with E-state index < -0.39 is 0 Å². The molecule has 0 unspecified atom stereocenters. The topological polar surface area (TPSA) is 60.9 Å². The van der Waals surface area contributed by atoms with E-state index in [1.165, 1.54) is 0 Å². The summed E-state index contributed by atoms with van der Waals surface area (Å²) in [5, 5.41) is 4.04. The maximum Gasteiger partial charge on any atom is 0.212 e. The minimum Gasteiger partial charge on any atom is -0.330 e. The molecule has 18 heavy (non-hydrogen) atoms.